The summed E-state index contributed by atoms with van der Waals surface area (Å²) in [7, 11) is 0. The fraction of sp³-hybridized carbons (Fsp3) is 0.611. The molecule has 3 N–H and O–H groups in total. The molecule has 0 unspecified atom stereocenters. The summed E-state index contributed by atoms with van der Waals surface area (Å²) in [6.07, 6.45) is 6.45. The van der Waals surface area contributed by atoms with Crippen molar-refractivity contribution < 1.29 is 0 Å². The van der Waals surface area contributed by atoms with E-state index in [1.54, 1.807) is 0 Å². The number of likely N-dealkylation sites (tertiary alicyclic amines) is 1. The van der Waals surface area contributed by atoms with Gasteiger partial charge in [0.25, 0.3) is 0 Å². The van der Waals surface area contributed by atoms with Crippen LogP contribution < -0.4 is 11.1 Å². The highest BCUT2D eigenvalue weighted by molar-refractivity contribution is 14.0. The molecule has 0 bridgehead atoms. The Morgan fingerprint density at radius 1 is 1.13 bits per heavy atom. The van der Waals surface area contributed by atoms with Gasteiger partial charge in [0.2, 0.25) is 0 Å². The molecule has 0 spiro atoms. The predicted molar refractivity (Wildman–Crippen MR) is 109 cm³/mol. The number of hydrogen-bond acceptors (Lipinski definition) is 2. The number of rotatable bonds is 3. The number of nitrogens with two attached hydrogens (primary N) is 1. The molecular formula is C18H29IN4. The van der Waals surface area contributed by atoms with Crippen LogP contribution in [0.1, 0.15) is 43.2 Å². The first-order chi connectivity index (χ1) is 10.6. The van der Waals surface area contributed by atoms with E-state index in [9.17, 15) is 0 Å². The molecule has 1 saturated carbocycles. The number of aliphatic imine (C=N–C) groups is 1. The lowest BCUT2D eigenvalue weighted by molar-refractivity contribution is 0.0912. The van der Waals surface area contributed by atoms with Crippen molar-refractivity contribution in [3.63, 3.8) is 0 Å². The van der Waals surface area contributed by atoms with Crippen LogP contribution in [0.3, 0.4) is 0 Å². The van der Waals surface area contributed by atoms with E-state index >= 15 is 0 Å². The number of halogens is 1. The average Bonchev–Trinajstić information content (AvgIpc) is 2.47. The molecule has 1 aromatic rings. The van der Waals surface area contributed by atoms with Gasteiger partial charge >= 0.3 is 0 Å². The van der Waals surface area contributed by atoms with Crippen molar-refractivity contribution in [2.24, 2.45) is 10.7 Å². The first kappa shape index (κ1) is 18.5. The second kappa shape index (κ2) is 8.33. The summed E-state index contributed by atoms with van der Waals surface area (Å²) in [5.74, 6) is 0.547. The monoisotopic (exact) mass is 428 g/mol. The summed E-state index contributed by atoms with van der Waals surface area (Å²) < 4.78 is 0. The molecule has 4 nitrogen and oxygen atoms in total. The van der Waals surface area contributed by atoms with Crippen LogP contribution in [0.2, 0.25) is 0 Å². The molecule has 1 heterocycles. The van der Waals surface area contributed by atoms with Crippen molar-refractivity contribution in [1.29, 1.82) is 0 Å². The lowest BCUT2D eigenvalue weighted by Crippen LogP contribution is -2.49. The van der Waals surface area contributed by atoms with Crippen LogP contribution in [0.25, 0.3) is 0 Å². The Kier molecular flexibility index (Phi) is 6.71. The van der Waals surface area contributed by atoms with E-state index in [-0.39, 0.29) is 24.0 Å². The van der Waals surface area contributed by atoms with E-state index in [1.807, 2.05) is 0 Å². The Hall–Kier alpha value is -0.820. The van der Waals surface area contributed by atoms with E-state index in [2.05, 4.69) is 47.3 Å². The van der Waals surface area contributed by atoms with Gasteiger partial charge in [-0.3, -0.25) is 0 Å². The van der Waals surface area contributed by atoms with Gasteiger partial charge in [0.15, 0.2) is 5.96 Å². The fourth-order valence-electron chi connectivity index (χ4n) is 3.44. The number of guanidine groups is 1. The highest BCUT2D eigenvalue weighted by Crippen LogP contribution is 2.30. The average molecular weight is 428 g/mol. The SMILES string of the molecule is Cc1ccc(NC(N)=NC2CC(N3CCCCC3)C2)cc1C.I. The zero-order valence-corrected chi connectivity index (χ0v) is 16.5. The van der Waals surface area contributed by atoms with Crippen LogP contribution in [0.5, 0.6) is 0 Å². The van der Waals surface area contributed by atoms with Gasteiger partial charge in [0, 0.05) is 11.7 Å². The van der Waals surface area contributed by atoms with Gasteiger partial charge in [-0.05, 0) is 75.9 Å². The Balaban J connectivity index is 0.00000192. The largest absolute Gasteiger partial charge is 0.370 e. The molecule has 1 saturated heterocycles. The number of nitrogens with one attached hydrogen (secondary N) is 1. The zero-order chi connectivity index (χ0) is 15.5. The minimum absolute atomic E-state index is 0. The molecular weight excluding hydrogens is 399 g/mol. The molecule has 0 atom stereocenters. The predicted octanol–water partition coefficient (Wildman–Crippen LogP) is 3.66. The second-order valence-electron chi connectivity index (χ2n) is 6.81. The van der Waals surface area contributed by atoms with Crippen molar-refractivity contribution in [2.75, 3.05) is 18.4 Å². The summed E-state index contributed by atoms with van der Waals surface area (Å²) in [5.41, 5.74) is 9.64. The summed E-state index contributed by atoms with van der Waals surface area (Å²) in [6, 6.07) is 7.42. The molecule has 1 aliphatic heterocycles. The molecule has 1 aromatic carbocycles. The van der Waals surface area contributed by atoms with Gasteiger partial charge in [0.1, 0.15) is 0 Å². The molecule has 128 valence electrons. The quantitative estimate of drug-likeness (QED) is 0.439. The lowest BCUT2D eigenvalue weighted by atomic mass is 9.85. The minimum Gasteiger partial charge on any atom is -0.370 e. The summed E-state index contributed by atoms with van der Waals surface area (Å²) in [6.45, 7) is 6.78. The van der Waals surface area contributed by atoms with Crippen LogP contribution in [0.4, 0.5) is 5.69 Å². The third kappa shape index (κ3) is 4.83. The second-order valence-corrected chi connectivity index (χ2v) is 6.81. The molecule has 0 amide bonds. The van der Waals surface area contributed by atoms with E-state index < -0.39 is 0 Å². The third-order valence-electron chi connectivity index (χ3n) is 5.10. The molecule has 1 aliphatic carbocycles. The van der Waals surface area contributed by atoms with Crippen molar-refractivity contribution in [3.8, 4) is 0 Å². The van der Waals surface area contributed by atoms with Crippen LogP contribution in [0, 0.1) is 13.8 Å². The first-order valence-corrected chi connectivity index (χ1v) is 8.53. The molecule has 2 fully saturated rings. The van der Waals surface area contributed by atoms with Crippen LogP contribution in [-0.2, 0) is 0 Å². The van der Waals surface area contributed by atoms with Gasteiger partial charge in [-0.2, -0.15) is 0 Å². The first-order valence-electron chi connectivity index (χ1n) is 8.53. The van der Waals surface area contributed by atoms with Crippen molar-refractivity contribution in [1.82, 2.24) is 4.90 Å². The highest BCUT2D eigenvalue weighted by atomic mass is 127. The topological polar surface area (TPSA) is 53.6 Å². The van der Waals surface area contributed by atoms with Gasteiger partial charge < -0.3 is 16.0 Å². The number of aryl methyl sites for hydroxylation is 2. The smallest absolute Gasteiger partial charge is 0.193 e. The summed E-state index contributed by atoms with van der Waals surface area (Å²) in [5, 5.41) is 3.22. The molecule has 0 aromatic heterocycles. The Morgan fingerprint density at radius 3 is 2.48 bits per heavy atom. The third-order valence-corrected chi connectivity index (χ3v) is 5.10. The standard InChI is InChI=1S/C18H28N4.HI/c1-13-6-7-15(10-14(13)2)20-18(19)21-16-11-17(12-16)22-8-4-3-5-9-22;/h6-7,10,16-17H,3-5,8-9,11-12H2,1-2H3,(H3,19,20,21);1H. The van der Waals surface area contributed by atoms with Crippen molar-refractivity contribution >= 4 is 35.6 Å². The number of anilines is 1. The Labute approximate surface area is 156 Å². The zero-order valence-electron chi connectivity index (χ0n) is 14.2. The summed E-state index contributed by atoms with van der Waals surface area (Å²) in [4.78, 5) is 7.27. The lowest BCUT2D eigenvalue weighted by Gasteiger charge is -2.43. The molecule has 23 heavy (non-hydrogen) atoms. The molecule has 0 radical (unpaired) electrons. The molecule has 5 heteroatoms. The van der Waals surface area contributed by atoms with Crippen LogP contribution in [-0.4, -0.2) is 36.0 Å². The number of hydrogen-bond donors (Lipinski definition) is 2. The maximum absolute atomic E-state index is 6.05. The minimum atomic E-state index is 0. The van der Waals surface area contributed by atoms with Gasteiger partial charge in [-0.15, -0.1) is 24.0 Å². The molecule has 2 aliphatic rings. The van der Waals surface area contributed by atoms with E-state index in [0.717, 1.165) is 24.6 Å². The van der Waals surface area contributed by atoms with Crippen molar-refractivity contribution in [2.45, 2.75) is 58.0 Å². The Bertz CT molecular complexity index is 546. The number of piperidine rings is 1. The van der Waals surface area contributed by atoms with Gasteiger partial charge in [-0.25, -0.2) is 4.99 Å². The normalized spacial score (nSPS) is 25.4. The van der Waals surface area contributed by atoms with Gasteiger partial charge in [-0.1, -0.05) is 12.5 Å². The van der Waals surface area contributed by atoms with Gasteiger partial charge in [0.05, 0.1) is 6.04 Å². The van der Waals surface area contributed by atoms with Crippen LogP contribution in [0.15, 0.2) is 23.2 Å². The fourth-order valence-corrected chi connectivity index (χ4v) is 3.44. The number of benzene rings is 1. The maximum Gasteiger partial charge on any atom is 0.193 e. The highest BCUT2D eigenvalue weighted by Gasteiger charge is 2.33. The van der Waals surface area contributed by atoms with E-state index in [4.69, 9.17) is 5.73 Å². The van der Waals surface area contributed by atoms with Crippen molar-refractivity contribution in [3.05, 3.63) is 29.3 Å². The Morgan fingerprint density at radius 2 is 1.83 bits per heavy atom. The van der Waals surface area contributed by atoms with E-state index in [0.29, 0.717) is 12.0 Å². The maximum atomic E-state index is 6.05. The van der Waals surface area contributed by atoms with Crippen LogP contribution >= 0.6 is 24.0 Å². The summed E-state index contributed by atoms with van der Waals surface area (Å²) >= 11 is 0. The molecule has 3 rings (SSSR count). The number of nitrogens with zero attached hydrogens (tertiary/aromatic N) is 2. The van der Waals surface area contributed by atoms with E-state index in [1.165, 1.54) is 43.5 Å².